The van der Waals surface area contributed by atoms with Gasteiger partial charge in [0.05, 0.1) is 10.5 Å². The van der Waals surface area contributed by atoms with Gasteiger partial charge in [-0.15, -0.1) is 0 Å². The molecule has 1 aromatic carbocycles. The van der Waals surface area contributed by atoms with Crippen molar-refractivity contribution in [2.75, 3.05) is 13.7 Å². The molecule has 2 rings (SSSR count). The van der Waals surface area contributed by atoms with E-state index in [4.69, 9.17) is 9.26 Å². The average Bonchev–Trinajstić information content (AvgIpc) is 2.81. The highest BCUT2D eigenvalue weighted by Gasteiger charge is 2.21. The van der Waals surface area contributed by atoms with Crippen LogP contribution in [-0.2, 0) is 4.74 Å². The first-order valence-corrected chi connectivity index (χ1v) is 5.78. The number of hydrogen-bond acceptors (Lipinski definition) is 6. The fourth-order valence-corrected chi connectivity index (χ4v) is 1.84. The number of methoxy groups -OCH3 is 1. The van der Waals surface area contributed by atoms with Crippen molar-refractivity contribution in [1.82, 2.24) is 5.16 Å². The van der Waals surface area contributed by atoms with E-state index < -0.39 is 4.92 Å². The second-order valence-electron chi connectivity index (χ2n) is 4.12. The molecule has 1 aromatic heterocycles. The molecular formula is C13H12N2O5. The summed E-state index contributed by atoms with van der Waals surface area (Å²) >= 11 is 0. The molecule has 0 spiro atoms. The molecule has 0 radical (unpaired) electrons. The van der Waals surface area contributed by atoms with Crippen LogP contribution in [0.4, 0.5) is 5.69 Å². The van der Waals surface area contributed by atoms with Gasteiger partial charge in [0.2, 0.25) is 0 Å². The number of non-ortho nitro benzene ring substituents is 1. The zero-order valence-electron chi connectivity index (χ0n) is 11.0. The monoisotopic (exact) mass is 276 g/mol. The van der Waals surface area contributed by atoms with E-state index in [0.29, 0.717) is 22.6 Å². The molecule has 0 aliphatic heterocycles. The number of nitro benzene ring substituents is 1. The second kappa shape index (κ2) is 5.62. The molecule has 0 bridgehead atoms. The number of carbonyl (C=O) groups excluding carboxylic acids is 1. The van der Waals surface area contributed by atoms with Crippen molar-refractivity contribution in [3.63, 3.8) is 0 Å². The van der Waals surface area contributed by atoms with Gasteiger partial charge >= 0.3 is 0 Å². The summed E-state index contributed by atoms with van der Waals surface area (Å²) in [4.78, 5) is 22.1. The lowest BCUT2D eigenvalue weighted by Gasteiger charge is -2.01. The Hall–Kier alpha value is -2.54. The summed E-state index contributed by atoms with van der Waals surface area (Å²) in [6.45, 7) is 1.55. The lowest BCUT2D eigenvalue weighted by atomic mass is 10.0. The van der Waals surface area contributed by atoms with E-state index in [9.17, 15) is 14.9 Å². The van der Waals surface area contributed by atoms with Crippen molar-refractivity contribution >= 4 is 11.5 Å². The van der Waals surface area contributed by atoms with Gasteiger partial charge in [-0.25, -0.2) is 0 Å². The van der Waals surface area contributed by atoms with Crippen LogP contribution < -0.4 is 0 Å². The van der Waals surface area contributed by atoms with E-state index in [2.05, 4.69) is 5.16 Å². The van der Waals surface area contributed by atoms with E-state index in [-0.39, 0.29) is 18.1 Å². The Bertz CT molecular complexity index is 645. The molecule has 0 saturated carbocycles. The topological polar surface area (TPSA) is 95.5 Å². The fourth-order valence-electron chi connectivity index (χ4n) is 1.84. The van der Waals surface area contributed by atoms with Crippen molar-refractivity contribution in [1.29, 1.82) is 0 Å². The number of hydrogen-bond donors (Lipinski definition) is 0. The van der Waals surface area contributed by atoms with E-state index in [1.807, 2.05) is 0 Å². The Morgan fingerprint density at radius 2 is 2.05 bits per heavy atom. The Kier molecular flexibility index (Phi) is 3.90. The third kappa shape index (κ3) is 2.57. The van der Waals surface area contributed by atoms with Crippen LogP contribution in [0.5, 0.6) is 0 Å². The highest BCUT2D eigenvalue weighted by Crippen LogP contribution is 2.27. The average molecular weight is 276 g/mol. The molecule has 1 heterocycles. The predicted molar refractivity (Wildman–Crippen MR) is 69.5 cm³/mol. The van der Waals surface area contributed by atoms with Crippen LogP contribution in [-0.4, -0.2) is 29.6 Å². The Morgan fingerprint density at radius 3 is 2.60 bits per heavy atom. The number of benzene rings is 1. The minimum atomic E-state index is -0.491. The van der Waals surface area contributed by atoms with Gasteiger partial charge in [-0.1, -0.05) is 5.16 Å². The summed E-state index contributed by atoms with van der Waals surface area (Å²) in [5.41, 5.74) is 1.24. The van der Waals surface area contributed by atoms with Gasteiger partial charge in [-0.2, -0.15) is 0 Å². The number of nitro groups is 1. The van der Waals surface area contributed by atoms with Gasteiger partial charge < -0.3 is 9.26 Å². The number of ketones is 1. The van der Waals surface area contributed by atoms with Crippen molar-refractivity contribution in [2.24, 2.45) is 0 Å². The van der Waals surface area contributed by atoms with Gasteiger partial charge in [-0.05, 0) is 19.1 Å². The van der Waals surface area contributed by atoms with Crippen LogP contribution in [0, 0.1) is 17.0 Å². The number of aromatic nitrogens is 1. The molecule has 2 aromatic rings. The van der Waals surface area contributed by atoms with Crippen molar-refractivity contribution in [2.45, 2.75) is 6.92 Å². The van der Waals surface area contributed by atoms with Crippen LogP contribution in [0.2, 0.25) is 0 Å². The summed E-state index contributed by atoms with van der Waals surface area (Å²) in [6, 6.07) is 5.76. The molecule has 7 nitrogen and oxygen atoms in total. The summed E-state index contributed by atoms with van der Waals surface area (Å²) < 4.78 is 9.85. The number of nitrogens with zero attached hydrogens (tertiary/aromatic N) is 2. The minimum Gasteiger partial charge on any atom is -0.377 e. The van der Waals surface area contributed by atoms with Crippen molar-refractivity contribution in [3.05, 3.63) is 45.7 Å². The Balaban J connectivity index is 2.42. The van der Waals surface area contributed by atoms with Gasteiger partial charge in [0.1, 0.15) is 18.1 Å². The highest BCUT2D eigenvalue weighted by molar-refractivity contribution is 6.03. The maximum atomic E-state index is 12.0. The van der Waals surface area contributed by atoms with Crippen LogP contribution in [0.15, 0.2) is 28.8 Å². The van der Waals surface area contributed by atoms with Crippen molar-refractivity contribution < 1.29 is 19.0 Å². The number of carbonyl (C=O) groups is 1. The van der Waals surface area contributed by atoms with E-state index in [1.165, 1.54) is 31.4 Å². The van der Waals surface area contributed by atoms with Gasteiger partial charge in [-0.3, -0.25) is 14.9 Å². The lowest BCUT2D eigenvalue weighted by molar-refractivity contribution is -0.384. The van der Waals surface area contributed by atoms with Gasteiger partial charge in [0, 0.05) is 24.8 Å². The third-order valence-electron chi connectivity index (χ3n) is 2.77. The maximum Gasteiger partial charge on any atom is 0.269 e. The molecule has 0 aliphatic carbocycles. The standard InChI is InChI=1S/C13H12N2O5/c1-8-12(11(16)7-19-2)13(14-20-8)9-3-5-10(6-4-9)15(17)18/h3-6H,7H2,1-2H3. The zero-order valence-corrected chi connectivity index (χ0v) is 11.0. The minimum absolute atomic E-state index is 0.0289. The SMILES string of the molecule is COCC(=O)c1c(-c2ccc([N+](=O)[O-])cc2)noc1C. The number of rotatable bonds is 5. The molecule has 0 fully saturated rings. The summed E-state index contributed by atoms with van der Waals surface area (Å²) in [7, 11) is 1.42. The number of Topliss-reactive ketones (excluding diaryl/α,β-unsaturated/α-hetero) is 1. The zero-order chi connectivity index (χ0) is 14.7. The van der Waals surface area contributed by atoms with Crippen LogP contribution in [0.25, 0.3) is 11.3 Å². The first-order valence-electron chi connectivity index (χ1n) is 5.78. The normalized spacial score (nSPS) is 10.5. The highest BCUT2D eigenvalue weighted by atomic mass is 16.6. The fraction of sp³-hybridized carbons (Fsp3) is 0.231. The molecule has 0 unspecified atom stereocenters. The largest absolute Gasteiger partial charge is 0.377 e. The third-order valence-corrected chi connectivity index (χ3v) is 2.77. The Labute approximate surface area is 114 Å². The molecule has 0 N–H and O–H groups in total. The van der Waals surface area contributed by atoms with Crippen molar-refractivity contribution in [3.8, 4) is 11.3 Å². The molecule has 104 valence electrons. The smallest absolute Gasteiger partial charge is 0.269 e. The summed E-state index contributed by atoms with van der Waals surface area (Å²) in [5.74, 6) is 0.139. The molecule has 20 heavy (non-hydrogen) atoms. The van der Waals surface area contributed by atoms with E-state index in [0.717, 1.165) is 0 Å². The molecule has 0 aliphatic rings. The number of aryl methyl sites for hydroxylation is 1. The van der Waals surface area contributed by atoms with Gasteiger partial charge in [0.15, 0.2) is 5.78 Å². The Morgan fingerprint density at radius 1 is 1.40 bits per heavy atom. The summed E-state index contributed by atoms with van der Waals surface area (Å²) in [5, 5.41) is 14.5. The van der Waals surface area contributed by atoms with Crippen LogP contribution in [0.3, 0.4) is 0 Å². The molecule has 0 saturated heterocycles. The lowest BCUT2D eigenvalue weighted by Crippen LogP contribution is -2.08. The summed E-state index contributed by atoms with van der Waals surface area (Å²) in [6.07, 6.45) is 0. The van der Waals surface area contributed by atoms with Crippen LogP contribution in [0.1, 0.15) is 16.1 Å². The predicted octanol–water partition coefficient (Wildman–Crippen LogP) is 2.39. The van der Waals surface area contributed by atoms with E-state index in [1.54, 1.807) is 6.92 Å². The molecular weight excluding hydrogens is 264 g/mol. The molecule has 0 atom stereocenters. The first-order chi connectivity index (χ1) is 9.54. The quantitative estimate of drug-likeness (QED) is 0.472. The van der Waals surface area contributed by atoms with Crippen LogP contribution >= 0.6 is 0 Å². The van der Waals surface area contributed by atoms with Gasteiger partial charge in [0.25, 0.3) is 5.69 Å². The second-order valence-corrected chi connectivity index (χ2v) is 4.12. The molecule has 0 amide bonds. The first kappa shape index (κ1) is 13.9. The van der Waals surface area contributed by atoms with E-state index >= 15 is 0 Å². The number of ether oxygens (including phenoxy) is 1. The maximum absolute atomic E-state index is 12.0. The molecule has 7 heteroatoms.